The second-order valence-corrected chi connectivity index (χ2v) is 6.95. The van der Waals surface area contributed by atoms with E-state index in [1.54, 1.807) is 16.9 Å². The van der Waals surface area contributed by atoms with Crippen LogP contribution in [0.5, 0.6) is 0 Å². The topological polar surface area (TPSA) is 84.7 Å². The highest BCUT2D eigenvalue weighted by atomic mass is 32.2. The first-order valence-electron chi connectivity index (χ1n) is 6.38. The van der Waals surface area contributed by atoms with Crippen molar-refractivity contribution in [3.63, 3.8) is 0 Å². The Hall–Kier alpha value is -1.45. The number of sulfonamides is 1. The van der Waals surface area contributed by atoms with Gasteiger partial charge in [-0.2, -0.15) is 9.40 Å². The van der Waals surface area contributed by atoms with Crippen LogP contribution in [0.3, 0.4) is 0 Å². The molecule has 9 heteroatoms. The normalized spacial score (nSPS) is 23.9. The number of rotatable bonds is 2. The van der Waals surface area contributed by atoms with Crippen molar-refractivity contribution in [2.45, 2.75) is 19.0 Å². The maximum Gasteiger partial charge on any atom is 0.272 e. The molecule has 1 amide bonds. The average Bonchev–Trinajstić information content (AvgIpc) is 3.06. The Bertz CT molecular complexity index is 620. The molecule has 8 nitrogen and oxygen atoms in total. The molecule has 1 unspecified atom stereocenters. The first kappa shape index (κ1) is 13.5. The van der Waals surface area contributed by atoms with Crippen LogP contribution in [0.1, 0.15) is 18.2 Å². The molecule has 1 saturated heterocycles. The van der Waals surface area contributed by atoms with E-state index in [2.05, 4.69) is 5.10 Å². The summed E-state index contributed by atoms with van der Waals surface area (Å²) < 4.78 is 26.4. The standard InChI is InChI=1S/C11H16N4O4S/c1-20(17,18)13-7-9-3-4-12-15(9)10(8-13)11(16)14-5-2-6-19-14/h3-4,10H,2,5-8H2,1H3. The number of aromatic nitrogens is 2. The third kappa shape index (κ3) is 2.32. The van der Waals surface area contributed by atoms with Gasteiger partial charge in [-0.1, -0.05) is 0 Å². The van der Waals surface area contributed by atoms with Crippen molar-refractivity contribution in [2.24, 2.45) is 0 Å². The SMILES string of the molecule is CS(=O)(=O)N1Cc2ccnn2C(C(=O)N2CCCO2)C1. The van der Waals surface area contributed by atoms with Crippen LogP contribution in [-0.4, -0.2) is 59.4 Å². The molecule has 0 aliphatic carbocycles. The Balaban J connectivity index is 1.91. The lowest BCUT2D eigenvalue weighted by atomic mass is 10.2. The van der Waals surface area contributed by atoms with Crippen LogP contribution >= 0.6 is 0 Å². The van der Waals surface area contributed by atoms with E-state index in [4.69, 9.17) is 4.84 Å². The monoisotopic (exact) mass is 300 g/mol. The molecule has 20 heavy (non-hydrogen) atoms. The summed E-state index contributed by atoms with van der Waals surface area (Å²) in [6, 6.07) is 1.06. The zero-order valence-corrected chi connectivity index (χ0v) is 11.9. The smallest absolute Gasteiger partial charge is 0.271 e. The van der Waals surface area contributed by atoms with Gasteiger partial charge in [-0.15, -0.1) is 0 Å². The Labute approximate surface area is 116 Å². The van der Waals surface area contributed by atoms with Gasteiger partial charge in [0.1, 0.15) is 6.04 Å². The third-order valence-corrected chi connectivity index (χ3v) is 4.73. The van der Waals surface area contributed by atoms with Crippen molar-refractivity contribution in [1.29, 1.82) is 0 Å². The highest BCUT2D eigenvalue weighted by Gasteiger charge is 2.37. The maximum atomic E-state index is 12.5. The van der Waals surface area contributed by atoms with Gasteiger partial charge in [-0.25, -0.2) is 13.5 Å². The molecule has 2 aliphatic rings. The number of hydroxylamine groups is 2. The minimum atomic E-state index is -3.36. The largest absolute Gasteiger partial charge is 0.272 e. The van der Waals surface area contributed by atoms with E-state index in [0.29, 0.717) is 18.8 Å². The average molecular weight is 300 g/mol. The number of carbonyl (C=O) groups is 1. The summed E-state index contributed by atoms with van der Waals surface area (Å²) in [5.41, 5.74) is 0.708. The van der Waals surface area contributed by atoms with Crippen molar-refractivity contribution in [1.82, 2.24) is 19.1 Å². The Kier molecular flexibility index (Phi) is 3.27. The fraction of sp³-hybridized carbons (Fsp3) is 0.636. The van der Waals surface area contributed by atoms with E-state index in [0.717, 1.165) is 12.7 Å². The molecule has 1 aromatic rings. The predicted octanol–water partition coefficient (Wildman–Crippen LogP) is -0.637. The molecule has 0 saturated carbocycles. The van der Waals surface area contributed by atoms with Crippen molar-refractivity contribution < 1.29 is 18.0 Å². The molecule has 0 aromatic carbocycles. The third-order valence-electron chi connectivity index (χ3n) is 3.51. The molecule has 0 N–H and O–H groups in total. The van der Waals surface area contributed by atoms with Gasteiger partial charge in [0.05, 0.1) is 31.6 Å². The quantitative estimate of drug-likeness (QED) is 0.725. The van der Waals surface area contributed by atoms with Crippen molar-refractivity contribution in [3.8, 4) is 0 Å². The van der Waals surface area contributed by atoms with Crippen LogP contribution in [-0.2, 0) is 26.2 Å². The molecule has 1 aromatic heterocycles. The molecule has 2 aliphatic heterocycles. The number of hydrogen-bond donors (Lipinski definition) is 0. The van der Waals surface area contributed by atoms with Gasteiger partial charge < -0.3 is 0 Å². The summed E-state index contributed by atoms with van der Waals surface area (Å²) in [6.07, 6.45) is 3.51. The van der Waals surface area contributed by atoms with Gasteiger partial charge in [0.15, 0.2) is 0 Å². The second kappa shape index (κ2) is 4.83. The number of fused-ring (bicyclic) bond motifs is 1. The molecule has 0 spiro atoms. The molecule has 110 valence electrons. The molecule has 0 bridgehead atoms. The van der Waals surface area contributed by atoms with Gasteiger partial charge in [0, 0.05) is 12.7 Å². The van der Waals surface area contributed by atoms with Gasteiger partial charge in [-0.05, 0) is 12.5 Å². The molecular weight excluding hydrogens is 284 g/mol. The van der Waals surface area contributed by atoms with Crippen LogP contribution in [0, 0.1) is 0 Å². The van der Waals surface area contributed by atoms with Crippen molar-refractivity contribution in [3.05, 3.63) is 18.0 Å². The van der Waals surface area contributed by atoms with Gasteiger partial charge in [0.25, 0.3) is 5.91 Å². The van der Waals surface area contributed by atoms with E-state index < -0.39 is 16.1 Å². The summed E-state index contributed by atoms with van der Waals surface area (Å²) in [5.74, 6) is -0.249. The lowest BCUT2D eigenvalue weighted by molar-refractivity contribution is -0.173. The minimum Gasteiger partial charge on any atom is -0.271 e. The van der Waals surface area contributed by atoms with Crippen LogP contribution in [0.4, 0.5) is 0 Å². The summed E-state index contributed by atoms with van der Waals surface area (Å²) in [6.45, 7) is 1.38. The Morgan fingerprint density at radius 3 is 2.95 bits per heavy atom. The minimum absolute atomic E-state index is 0.0895. The maximum absolute atomic E-state index is 12.5. The summed E-state index contributed by atoms with van der Waals surface area (Å²) in [7, 11) is -3.36. The lowest BCUT2D eigenvalue weighted by Crippen LogP contribution is -2.47. The Morgan fingerprint density at radius 1 is 1.50 bits per heavy atom. The van der Waals surface area contributed by atoms with Gasteiger partial charge in [0.2, 0.25) is 10.0 Å². The number of hydrogen-bond acceptors (Lipinski definition) is 5. The van der Waals surface area contributed by atoms with Crippen LogP contribution < -0.4 is 0 Å². The molecule has 1 fully saturated rings. The van der Waals surface area contributed by atoms with Gasteiger partial charge in [-0.3, -0.25) is 14.3 Å². The molecule has 0 radical (unpaired) electrons. The zero-order valence-electron chi connectivity index (χ0n) is 11.1. The van der Waals surface area contributed by atoms with Crippen LogP contribution in [0.2, 0.25) is 0 Å². The molecule has 3 rings (SSSR count). The Morgan fingerprint density at radius 2 is 2.30 bits per heavy atom. The predicted molar refractivity (Wildman–Crippen MR) is 68.8 cm³/mol. The van der Waals surface area contributed by atoms with E-state index in [1.165, 1.54) is 9.37 Å². The van der Waals surface area contributed by atoms with E-state index >= 15 is 0 Å². The second-order valence-electron chi connectivity index (χ2n) is 4.97. The van der Waals surface area contributed by atoms with Gasteiger partial charge >= 0.3 is 0 Å². The van der Waals surface area contributed by atoms with E-state index in [-0.39, 0.29) is 19.0 Å². The number of nitrogens with zero attached hydrogens (tertiary/aromatic N) is 4. The first-order valence-corrected chi connectivity index (χ1v) is 8.23. The fourth-order valence-corrected chi connectivity index (χ4v) is 3.26. The van der Waals surface area contributed by atoms with Crippen LogP contribution in [0.25, 0.3) is 0 Å². The molecule has 3 heterocycles. The summed E-state index contributed by atoms with van der Waals surface area (Å²) in [5, 5.41) is 5.45. The number of amides is 1. The lowest BCUT2D eigenvalue weighted by Gasteiger charge is -2.32. The summed E-state index contributed by atoms with van der Waals surface area (Å²) >= 11 is 0. The fourth-order valence-electron chi connectivity index (χ4n) is 2.49. The highest BCUT2D eigenvalue weighted by Crippen LogP contribution is 2.25. The first-order chi connectivity index (χ1) is 9.47. The van der Waals surface area contributed by atoms with E-state index in [9.17, 15) is 13.2 Å². The van der Waals surface area contributed by atoms with Crippen LogP contribution in [0.15, 0.2) is 12.3 Å². The zero-order chi connectivity index (χ0) is 14.3. The molecule has 1 atom stereocenters. The summed E-state index contributed by atoms with van der Waals surface area (Å²) in [4.78, 5) is 17.7. The van der Waals surface area contributed by atoms with Crippen molar-refractivity contribution >= 4 is 15.9 Å². The highest BCUT2D eigenvalue weighted by molar-refractivity contribution is 7.88. The number of carbonyl (C=O) groups excluding carboxylic acids is 1. The van der Waals surface area contributed by atoms with E-state index in [1.807, 2.05) is 0 Å². The van der Waals surface area contributed by atoms with Crippen molar-refractivity contribution in [2.75, 3.05) is 26.0 Å². The molecular formula is C11H16N4O4S.